The molecule has 1 saturated heterocycles. The van der Waals surface area contributed by atoms with E-state index in [-0.39, 0.29) is 5.91 Å². The van der Waals surface area contributed by atoms with Crippen molar-refractivity contribution >= 4 is 17.7 Å². The number of hydroxylamine groups is 2. The van der Waals surface area contributed by atoms with Crippen LogP contribution in [0.3, 0.4) is 0 Å². The number of hydrogen-bond acceptors (Lipinski definition) is 4. The number of thioether (sulfide) groups is 1. The summed E-state index contributed by atoms with van der Waals surface area (Å²) >= 11 is 1.58. The van der Waals surface area contributed by atoms with Crippen LogP contribution < -0.4 is 0 Å². The molecular formula is C7H13NO3S. The third-order valence-corrected chi connectivity index (χ3v) is 3.13. The summed E-state index contributed by atoms with van der Waals surface area (Å²) in [4.78, 5) is 16.1. The zero-order valence-corrected chi connectivity index (χ0v) is 8.06. The number of hydrogen-bond donors (Lipinski definition) is 1. The number of likely N-dealkylation sites (N-methyl/N-ethyl adjacent to an activating group) is 1. The number of amides is 1. The summed E-state index contributed by atoms with van der Waals surface area (Å²) in [5.74, 6) is 0.953. The zero-order chi connectivity index (χ0) is 9.19. The summed E-state index contributed by atoms with van der Waals surface area (Å²) < 4.78 is 0. The highest BCUT2D eigenvalue weighted by Gasteiger charge is 2.41. The average molecular weight is 191 g/mol. The Kier molecular flexibility index (Phi) is 2.98. The molecule has 70 valence electrons. The second-order valence-corrected chi connectivity index (χ2v) is 3.92. The van der Waals surface area contributed by atoms with Gasteiger partial charge < -0.3 is 5.11 Å². The normalized spacial score (nSPS) is 28.9. The average Bonchev–Trinajstić information content (AvgIpc) is 2.50. The van der Waals surface area contributed by atoms with Gasteiger partial charge in [0.15, 0.2) is 5.60 Å². The molecule has 0 bridgehead atoms. The van der Waals surface area contributed by atoms with E-state index in [9.17, 15) is 9.90 Å². The Morgan fingerprint density at radius 3 is 2.83 bits per heavy atom. The van der Waals surface area contributed by atoms with Gasteiger partial charge in [0.2, 0.25) is 0 Å². The highest BCUT2D eigenvalue weighted by atomic mass is 32.2. The number of nitrogens with zero attached hydrogens (tertiary/aromatic N) is 1. The molecule has 1 unspecified atom stereocenters. The Morgan fingerprint density at radius 1 is 1.75 bits per heavy atom. The molecule has 12 heavy (non-hydrogen) atoms. The lowest BCUT2D eigenvalue weighted by Gasteiger charge is -2.24. The van der Waals surface area contributed by atoms with Crippen molar-refractivity contribution in [3.05, 3.63) is 0 Å². The van der Waals surface area contributed by atoms with Gasteiger partial charge in [-0.3, -0.25) is 9.63 Å². The topological polar surface area (TPSA) is 49.8 Å². The van der Waals surface area contributed by atoms with Crippen LogP contribution in [0.2, 0.25) is 0 Å². The van der Waals surface area contributed by atoms with Crippen molar-refractivity contribution in [2.75, 3.05) is 25.7 Å². The first-order valence-corrected chi connectivity index (χ1v) is 4.88. The molecular weight excluding hydrogens is 178 g/mol. The van der Waals surface area contributed by atoms with E-state index in [1.54, 1.807) is 11.8 Å². The standard InChI is InChI=1S/C7H13NO3S/c1-8(11-2)6(9)7(10)3-4-12-5-7/h10H,3-5H2,1-2H3. The molecule has 1 atom stereocenters. The Balaban J connectivity index is 2.61. The van der Waals surface area contributed by atoms with Gasteiger partial charge in [0.1, 0.15) is 0 Å². The predicted octanol–water partition coefficient (Wildman–Crippen LogP) is -0.126. The molecule has 0 aromatic carbocycles. The van der Waals surface area contributed by atoms with Crippen LogP contribution in [-0.4, -0.2) is 47.3 Å². The predicted molar refractivity (Wildman–Crippen MR) is 46.7 cm³/mol. The van der Waals surface area contributed by atoms with Crippen molar-refractivity contribution in [2.45, 2.75) is 12.0 Å². The van der Waals surface area contributed by atoms with Crippen molar-refractivity contribution < 1.29 is 14.7 Å². The molecule has 5 heteroatoms. The smallest absolute Gasteiger partial charge is 0.278 e. The molecule has 0 aromatic rings. The van der Waals surface area contributed by atoms with Gasteiger partial charge >= 0.3 is 0 Å². The van der Waals surface area contributed by atoms with Crippen LogP contribution >= 0.6 is 11.8 Å². The van der Waals surface area contributed by atoms with E-state index < -0.39 is 5.60 Å². The summed E-state index contributed by atoms with van der Waals surface area (Å²) in [5.41, 5.74) is -1.20. The molecule has 1 N–H and O–H groups in total. The van der Waals surface area contributed by atoms with Crippen molar-refractivity contribution in [2.24, 2.45) is 0 Å². The van der Waals surface area contributed by atoms with E-state index in [0.717, 1.165) is 10.8 Å². The Labute approximate surface area is 75.8 Å². The van der Waals surface area contributed by atoms with Crippen molar-refractivity contribution in [3.8, 4) is 0 Å². The second kappa shape index (κ2) is 3.64. The lowest BCUT2D eigenvalue weighted by Crippen LogP contribution is -2.47. The maximum Gasteiger partial charge on any atom is 0.278 e. The molecule has 0 spiro atoms. The molecule has 1 aliphatic rings. The molecule has 0 aliphatic carbocycles. The fourth-order valence-corrected chi connectivity index (χ4v) is 2.33. The van der Waals surface area contributed by atoms with Crippen LogP contribution in [0.4, 0.5) is 0 Å². The van der Waals surface area contributed by atoms with E-state index in [1.807, 2.05) is 0 Å². The number of rotatable bonds is 2. The summed E-state index contributed by atoms with van der Waals surface area (Å²) in [7, 11) is 2.91. The highest BCUT2D eigenvalue weighted by Crippen LogP contribution is 2.29. The van der Waals surface area contributed by atoms with E-state index in [2.05, 4.69) is 0 Å². The molecule has 0 radical (unpaired) electrons. The van der Waals surface area contributed by atoms with Crippen LogP contribution in [0.25, 0.3) is 0 Å². The largest absolute Gasteiger partial charge is 0.379 e. The van der Waals surface area contributed by atoms with Gasteiger partial charge in [-0.15, -0.1) is 0 Å². The lowest BCUT2D eigenvalue weighted by molar-refractivity contribution is -0.186. The van der Waals surface area contributed by atoms with Gasteiger partial charge in [-0.25, -0.2) is 5.06 Å². The third kappa shape index (κ3) is 1.73. The molecule has 0 saturated carbocycles. The molecule has 1 rings (SSSR count). The minimum Gasteiger partial charge on any atom is -0.379 e. The molecule has 0 aromatic heterocycles. The van der Waals surface area contributed by atoms with Crippen LogP contribution in [0.5, 0.6) is 0 Å². The first-order valence-electron chi connectivity index (χ1n) is 3.72. The molecule has 4 nitrogen and oxygen atoms in total. The van der Waals surface area contributed by atoms with E-state index in [0.29, 0.717) is 12.2 Å². The minimum absolute atomic E-state index is 0.352. The Hall–Kier alpha value is -0.260. The second-order valence-electron chi connectivity index (χ2n) is 2.82. The minimum atomic E-state index is -1.20. The molecule has 1 fully saturated rings. The van der Waals surface area contributed by atoms with Crippen LogP contribution in [0.1, 0.15) is 6.42 Å². The number of carbonyl (C=O) groups excluding carboxylic acids is 1. The highest BCUT2D eigenvalue weighted by molar-refractivity contribution is 7.99. The third-order valence-electron chi connectivity index (χ3n) is 1.96. The Bertz CT molecular complexity index is 179. The maximum atomic E-state index is 11.4. The lowest BCUT2D eigenvalue weighted by atomic mass is 10.0. The SMILES string of the molecule is CON(C)C(=O)C1(O)CCSC1. The first-order chi connectivity index (χ1) is 5.60. The van der Waals surface area contributed by atoms with Gasteiger partial charge in [0, 0.05) is 12.8 Å². The van der Waals surface area contributed by atoms with Crippen molar-refractivity contribution in [1.29, 1.82) is 0 Å². The van der Waals surface area contributed by atoms with Gasteiger partial charge in [0.05, 0.1) is 7.11 Å². The quantitative estimate of drug-likeness (QED) is 0.618. The molecule has 1 aliphatic heterocycles. The van der Waals surface area contributed by atoms with Gasteiger partial charge in [-0.2, -0.15) is 11.8 Å². The van der Waals surface area contributed by atoms with E-state index in [4.69, 9.17) is 4.84 Å². The van der Waals surface area contributed by atoms with E-state index in [1.165, 1.54) is 14.2 Å². The Morgan fingerprint density at radius 2 is 2.42 bits per heavy atom. The summed E-state index contributed by atoms with van der Waals surface area (Å²) in [6.07, 6.45) is 0.518. The van der Waals surface area contributed by atoms with Crippen LogP contribution in [0, 0.1) is 0 Å². The zero-order valence-electron chi connectivity index (χ0n) is 7.24. The van der Waals surface area contributed by atoms with Crippen LogP contribution in [-0.2, 0) is 9.63 Å². The monoisotopic (exact) mass is 191 g/mol. The van der Waals surface area contributed by atoms with Crippen LogP contribution in [0.15, 0.2) is 0 Å². The fraction of sp³-hybridized carbons (Fsp3) is 0.857. The summed E-state index contributed by atoms with van der Waals surface area (Å²) in [6.45, 7) is 0. The van der Waals surface area contributed by atoms with Gasteiger partial charge in [-0.05, 0) is 12.2 Å². The van der Waals surface area contributed by atoms with Gasteiger partial charge in [-0.1, -0.05) is 0 Å². The van der Waals surface area contributed by atoms with Crippen molar-refractivity contribution in [3.63, 3.8) is 0 Å². The molecule has 1 amide bonds. The molecule has 1 heterocycles. The maximum absolute atomic E-state index is 11.4. The fourth-order valence-electron chi connectivity index (χ4n) is 1.10. The summed E-state index contributed by atoms with van der Waals surface area (Å²) in [6, 6.07) is 0. The summed E-state index contributed by atoms with van der Waals surface area (Å²) in [5, 5.41) is 10.8. The first kappa shape index (κ1) is 9.83. The van der Waals surface area contributed by atoms with E-state index >= 15 is 0 Å². The van der Waals surface area contributed by atoms with Gasteiger partial charge in [0.25, 0.3) is 5.91 Å². The number of aliphatic hydroxyl groups is 1. The number of carbonyl (C=O) groups is 1. The van der Waals surface area contributed by atoms with Crippen molar-refractivity contribution in [1.82, 2.24) is 5.06 Å².